The molecule has 6 heteroatoms. The molecule has 1 aliphatic heterocycles. The fourth-order valence-electron chi connectivity index (χ4n) is 3.64. The Morgan fingerprint density at radius 3 is 2.70 bits per heavy atom. The van der Waals surface area contributed by atoms with Gasteiger partial charge in [0.1, 0.15) is 5.75 Å². The van der Waals surface area contributed by atoms with E-state index >= 15 is 0 Å². The van der Waals surface area contributed by atoms with Gasteiger partial charge in [0.2, 0.25) is 0 Å². The summed E-state index contributed by atoms with van der Waals surface area (Å²) in [6.45, 7) is 6.31. The average Bonchev–Trinajstić information content (AvgIpc) is 3.33. The minimum atomic E-state index is 0.163. The van der Waals surface area contributed by atoms with Gasteiger partial charge in [-0.1, -0.05) is 24.3 Å². The second-order valence-corrected chi connectivity index (χ2v) is 7.56. The van der Waals surface area contributed by atoms with Gasteiger partial charge in [0, 0.05) is 32.4 Å². The number of anilines is 1. The maximum absolute atomic E-state index is 5.77. The summed E-state index contributed by atoms with van der Waals surface area (Å²) >= 11 is 0. The van der Waals surface area contributed by atoms with Crippen LogP contribution in [0.3, 0.4) is 0 Å². The summed E-state index contributed by atoms with van der Waals surface area (Å²) in [6, 6.07) is 16.9. The molecular formula is C24H34N4O2. The summed E-state index contributed by atoms with van der Waals surface area (Å²) in [4.78, 5) is 6.81. The van der Waals surface area contributed by atoms with E-state index in [4.69, 9.17) is 9.47 Å². The monoisotopic (exact) mass is 410 g/mol. The maximum Gasteiger partial charge on any atom is 0.191 e. The molecule has 1 unspecified atom stereocenters. The van der Waals surface area contributed by atoms with Crippen LogP contribution in [0.2, 0.25) is 0 Å². The van der Waals surface area contributed by atoms with Gasteiger partial charge >= 0.3 is 0 Å². The number of nitrogens with zero attached hydrogens (tertiary/aromatic N) is 2. The van der Waals surface area contributed by atoms with Crippen LogP contribution >= 0.6 is 0 Å². The zero-order valence-electron chi connectivity index (χ0n) is 18.4. The van der Waals surface area contributed by atoms with Crippen molar-refractivity contribution >= 4 is 11.6 Å². The van der Waals surface area contributed by atoms with Crippen molar-refractivity contribution in [3.8, 4) is 5.75 Å². The Bertz CT molecular complexity index is 818. The molecule has 2 aromatic rings. The number of benzene rings is 2. The van der Waals surface area contributed by atoms with Gasteiger partial charge in [-0.3, -0.25) is 4.99 Å². The molecule has 6 nitrogen and oxygen atoms in total. The quantitative estimate of drug-likeness (QED) is 0.375. The Balaban J connectivity index is 1.42. The lowest BCUT2D eigenvalue weighted by molar-refractivity contribution is 0.125. The van der Waals surface area contributed by atoms with Crippen molar-refractivity contribution in [1.82, 2.24) is 10.6 Å². The molecule has 1 aliphatic rings. The zero-order chi connectivity index (χ0) is 21.2. The van der Waals surface area contributed by atoms with Crippen molar-refractivity contribution in [2.24, 2.45) is 4.99 Å². The molecule has 2 aromatic carbocycles. The van der Waals surface area contributed by atoms with Crippen molar-refractivity contribution in [3.63, 3.8) is 0 Å². The van der Waals surface area contributed by atoms with Gasteiger partial charge < -0.3 is 25.0 Å². The third-order valence-electron chi connectivity index (χ3n) is 5.36. The molecule has 2 N–H and O–H groups in total. The number of hydrogen-bond donors (Lipinski definition) is 2. The van der Waals surface area contributed by atoms with Crippen LogP contribution in [0.1, 0.15) is 36.9 Å². The van der Waals surface area contributed by atoms with Crippen molar-refractivity contribution in [3.05, 3.63) is 59.7 Å². The smallest absolute Gasteiger partial charge is 0.191 e. The van der Waals surface area contributed by atoms with Crippen LogP contribution in [0, 0.1) is 0 Å². The highest BCUT2D eigenvalue weighted by atomic mass is 16.5. The Hall–Kier alpha value is -2.73. The van der Waals surface area contributed by atoms with E-state index in [0.29, 0.717) is 19.8 Å². The molecule has 0 spiro atoms. The second kappa shape index (κ2) is 11.5. The number of guanidine groups is 1. The molecule has 1 saturated heterocycles. The van der Waals surface area contributed by atoms with E-state index in [1.807, 2.05) is 24.3 Å². The molecule has 0 radical (unpaired) electrons. The summed E-state index contributed by atoms with van der Waals surface area (Å²) in [5.74, 6) is 1.63. The predicted octanol–water partition coefficient (Wildman–Crippen LogP) is 3.74. The third-order valence-corrected chi connectivity index (χ3v) is 5.36. The van der Waals surface area contributed by atoms with Crippen molar-refractivity contribution in [2.75, 3.05) is 45.3 Å². The van der Waals surface area contributed by atoms with E-state index in [1.165, 1.54) is 24.1 Å². The highest BCUT2D eigenvalue weighted by molar-refractivity contribution is 5.80. The first-order chi connectivity index (χ1) is 14.7. The van der Waals surface area contributed by atoms with Gasteiger partial charge in [0.15, 0.2) is 5.96 Å². The number of methoxy groups -OCH3 is 1. The summed E-state index contributed by atoms with van der Waals surface area (Å²) in [6.07, 6.45) is 2.57. The minimum Gasteiger partial charge on any atom is -0.497 e. The molecule has 30 heavy (non-hydrogen) atoms. The van der Waals surface area contributed by atoms with Gasteiger partial charge in [0.25, 0.3) is 0 Å². The first-order valence-electron chi connectivity index (χ1n) is 10.7. The SMILES string of the molecule is CN=C(NCCOCc1cccc(OC)c1)NC(C)c1cccc(N2CCCC2)c1. The molecular weight excluding hydrogens is 376 g/mol. The summed E-state index contributed by atoms with van der Waals surface area (Å²) in [7, 11) is 3.46. The summed E-state index contributed by atoms with van der Waals surface area (Å²) in [5, 5.41) is 6.80. The van der Waals surface area contributed by atoms with Crippen LogP contribution in [0.5, 0.6) is 5.75 Å². The molecule has 0 bridgehead atoms. The molecule has 0 saturated carbocycles. The first-order valence-corrected chi connectivity index (χ1v) is 10.7. The lowest BCUT2D eigenvalue weighted by Gasteiger charge is -2.22. The highest BCUT2D eigenvalue weighted by Crippen LogP contribution is 2.23. The molecule has 162 valence electrons. The van der Waals surface area contributed by atoms with E-state index in [0.717, 1.165) is 30.4 Å². The van der Waals surface area contributed by atoms with Crippen LogP contribution in [-0.4, -0.2) is 46.4 Å². The fraction of sp³-hybridized carbons (Fsp3) is 0.458. The number of ether oxygens (including phenoxy) is 2. The molecule has 1 fully saturated rings. The van der Waals surface area contributed by atoms with Crippen LogP contribution in [-0.2, 0) is 11.3 Å². The van der Waals surface area contributed by atoms with E-state index in [9.17, 15) is 0 Å². The van der Waals surface area contributed by atoms with Crippen LogP contribution < -0.4 is 20.3 Å². The Morgan fingerprint density at radius 2 is 1.93 bits per heavy atom. The van der Waals surface area contributed by atoms with Crippen LogP contribution in [0.15, 0.2) is 53.5 Å². The average molecular weight is 411 g/mol. The lowest BCUT2D eigenvalue weighted by Crippen LogP contribution is -2.40. The van der Waals surface area contributed by atoms with E-state index in [1.54, 1.807) is 14.2 Å². The van der Waals surface area contributed by atoms with Crippen molar-refractivity contribution < 1.29 is 9.47 Å². The van der Waals surface area contributed by atoms with E-state index in [-0.39, 0.29) is 6.04 Å². The highest BCUT2D eigenvalue weighted by Gasteiger charge is 2.14. The Kier molecular flexibility index (Phi) is 8.39. The van der Waals surface area contributed by atoms with Crippen LogP contribution in [0.4, 0.5) is 5.69 Å². The van der Waals surface area contributed by atoms with Crippen LogP contribution in [0.25, 0.3) is 0 Å². The fourth-order valence-corrected chi connectivity index (χ4v) is 3.64. The number of aliphatic imine (C=N–C) groups is 1. The molecule has 3 rings (SSSR count). The minimum absolute atomic E-state index is 0.163. The topological polar surface area (TPSA) is 58.1 Å². The first kappa shape index (κ1) is 22.0. The molecule has 1 atom stereocenters. The number of nitrogens with one attached hydrogen (secondary N) is 2. The molecule has 0 amide bonds. The predicted molar refractivity (Wildman–Crippen MR) is 123 cm³/mol. The molecule has 0 aliphatic carbocycles. The van der Waals surface area contributed by atoms with Gasteiger partial charge in [0.05, 0.1) is 26.4 Å². The standard InChI is InChI=1S/C24H34N4O2/c1-19(21-9-7-10-22(17-21)28-13-4-5-14-28)27-24(25-2)26-12-15-30-18-20-8-6-11-23(16-20)29-3/h6-11,16-17,19H,4-5,12-15,18H2,1-3H3,(H2,25,26,27). The largest absolute Gasteiger partial charge is 0.497 e. The molecule has 0 aromatic heterocycles. The van der Waals surface area contributed by atoms with Crippen molar-refractivity contribution in [2.45, 2.75) is 32.4 Å². The van der Waals surface area contributed by atoms with E-state index < -0.39 is 0 Å². The third kappa shape index (κ3) is 6.39. The number of rotatable bonds is 9. The lowest BCUT2D eigenvalue weighted by atomic mass is 10.1. The van der Waals surface area contributed by atoms with Gasteiger partial charge in [-0.2, -0.15) is 0 Å². The van der Waals surface area contributed by atoms with Gasteiger partial charge in [-0.05, 0) is 55.2 Å². The maximum atomic E-state index is 5.77. The zero-order valence-corrected chi connectivity index (χ0v) is 18.4. The Morgan fingerprint density at radius 1 is 1.13 bits per heavy atom. The second-order valence-electron chi connectivity index (χ2n) is 7.56. The molecule has 1 heterocycles. The number of hydrogen-bond acceptors (Lipinski definition) is 4. The summed E-state index contributed by atoms with van der Waals surface area (Å²) < 4.78 is 11.0. The van der Waals surface area contributed by atoms with E-state index in [2.05, 4.69) is 51.7 Å². The van der Waals surface area contributed by atoms with Gasteiger partial charge in [-0.15, -0.1) is 0 Å². The Labute approximate surface area is 180 Å². The summed E-state index contributed by atoms with van der Waals surface area (Å²) in [5.41, 5.74) is 3.67. The van der Waals surface area contributed by atoms with Gasteiger partial charge in [-0.25, -0.2) is 0 Å². The van der Waals surface area contributed by atoms with Crippen molar-refractivity contribution in [1.29, 1.82) is 0 Å². The normalized spacial score (nSPS) is 15.2.